The first-order valence-electron chi connectivity index (χ1n) is 7.97. The molecule has 0 spiro atoms. The van der Waals surface area contributed by atoms with Crippen LogP contribution in [0.15, 0.2) is 0 Å². The highest BCUT2D eigenvalue weighted by molar-refractivity contribution is 5.82. The first-order chi connectivity index (χ1) is 10.1. The second-order valence-corrected chi connectivity index (χ2v) is 5.81. The first kappa shape index (κ1) is 16.2. The van der Waals surface area contributed by atoms with E-state index in [1.54, 1.807) is 0 Å². The van der Waals surface area contributed by atoms with Gasteiger partial charge in [0.05, 0.1) is 0 Å². The number of ether oxygens (including phenoxy) is 1. The first-order valence-corrected chi connectivity index (χ1v) is 7.97. The fraction of sp³-hybridized carbons (Fsp3) is 0.867. The average molecular weight is 298 g/mol. The lowest BCUT2D eigenvalue weighted by Crippen LogP contribution is -2.49. The Balaban J connectivity index is 1.82. The third-order valence-corrected chi connectivity index (χ3v) is 4.68. The third kappa shape index (κ3) is 3.74. The predicted octanol–water partition coefficient (Wildman–Crippen LogP) is 0.951. The minimum Gasteiger partial charge on any atom is -0.479 e. The van der Waals surface area contributed by atoms with E-state index in [9.17, 15) is 9.59 Å². The quantitative estimate of drug-likeness (QED) is 0.818. The number of aliphatic carboxylic acids is 1. The fourth-order valence-corrected chi connectivity index (χ4v) is 3.40. The van der Waals surface area contributed by atoms with Crippen molar-refractivity contribution in [2.24, 2.45) is 0 Å². The lowest BCUT2D eigenvalue weighted by Gasteiger charge is -2.38. The van der Waals surface area contributed by atoms with Crippen molar-refractivity contribution in [2.75, 3.05) is 26.2 Å². The molecule has 2 aliphatic rings. The van der Waals surface area contributed by atoms with Gasteiger partial charge in [0.15, 0.2) is 6.10 Å². The van der Waals surface area contributed by atoms with Crippen LogP contribution >= 0.6 is 0 Å². The third-order valence-electron chi connectivity index (χ3n) is 4.68. The number of carboxylic acid groups (broad SMARTS) is 1. The highest BCUT2D eigenvalue weighted by Gasteiger charge is 2.37. The van der Waals surface area contributed by atoms with Crippen molar-refractivity contribution in [1.82, 2.24) is 9.80 Å². The Morgan fingerprint density at radius 1 is 1.10 bits per heavy atom. The molecule has 120 valence electrons. The van der Waals surface area contributed by atoms with E-state index >= 15 is 0 Å². The van der Waals surface area contributed by atoms with E-state index in [0.29, 0.717) is 18.9 Å². The van der Waals surface area contributed by atoms with E-state index in [1.165, 1.54) is 0 Å². The van der Waals surface area contributed by atoms with Crippen molar-refractivity contribution in [3.8, 4) is 0 Å². The van der Waals surface area contributed by atoms with Crippen LogP contribution in [0.5, 0.6) is 0 Å². The molecule has 0 aromatic carbocycles. The number of hydrogen-bond donors (Lipinski definition) is 1. The van der Waals surface area contributed by atoms with Crippen molar-refractivity contribution in [1.29, 1.82) is 0 Å². The number of amides is 1. The smallest absolute Gasteiger partial charge is 0.332 e. The largest absolute Gasteiger partial charge is 0.479 e. The number of rotatable bonds is 5. The van der Waals surface area contributed by atoms with Crippen molar-refractivity contribution in [2.45, 2.75) is 57.8 Å². The number of hydrogen-bond acceptors (Lipinski definition) is 4. The maximum absolute atomic E-state index is 12.4. The molecule has 0 aliphatic carbocycles. The molecule has 2 atom stereocenters. The van der Waals surface area contributed by atoms with Crippen LogP contribution in [0, 0.1) is 0 Å². The summed E-state index contributed by atoms with van der Waals surface area (Å²) in [4.78, 5) is 27.5. The molecule has 21 heavy (non-hydrogen) atoms. The summed E-state index contributed by atoms with van der Waals surface area (Å²) in [7, 11) is 0. The number of piperidine rings is 1. The number of carboxylic acids is 1. The van der Waals surface area contributed by atoms with Crippen LogP contribution in [0.3, 0.4) is 0 Å². The standard InChI is InChI=1S/C15H26N2O4/c1-3-16(4-2)11-7-9-17(10-8-11)14(18)12-5-6-13(21-12)15(19)20/h11-13H,3-10H2,1-2H3,(H,19,20). The van der Waals surface area contributed by atoms with Crippen LogP contribution in [-0.4, -0.2) is 71.2 Å². The van der Waals surface area contributed by atoms with Crippen LogP contribution in [0.25, 0.3) is 0 Å². The molecule has 0 aromatic heterocycles. The van der Waals surface area contributed by atoms with Crippen LogP contribution < -0.4 is 0 Å². The maximum atomic E-state index is 12.4. The minimum absolute atomic E-state index is 0.0308. The van der Waals surface area contributed by atoms with Gasteiger partial charge in [-0.05, 0) is 38.8 Å². The van der Waals surface area contributed by atoms with E-state index in [4.69, 9.17) is 9.84 Å². The molecule has 0 saturated carbocycles. The topological polar surface area (TPSA) is 70.1 Å². The van der Waals surface area contributed by atoms with Crippen LogP contribution in [0.4, 0.5) is 0 Å². The van der Waals surface area contributed by atoms with E-state index in [2.05, 4.69) is 18.7 Å². The van der Waals surface area contributed by atoms with Crippen LogP contribution in [0.1, 0.15) is 39.5 Å². The summed E-state index contributed by atoms with van der Waals surface area (Å²) in [6.07, 6.45) is 1.56. The van der Waals surface area contributed by atoms with Crippen molar-refractivity contribution in [3.05, 3.63) is 0 Å². The molecular weight excluding hydrogens is 272 g/mol. The van der Waals surface area contributed by atoms with Crippen LogP contribution in [0.2, 0.25) is 0 Å². The van der Waals surface area contributed by atoms with Gasteiger partial charge in [0.25, 0.3) is 5.91 Å². The summed E-state index contributed by atoms with van der Waals surface area (Å²) >= 11 is 0. The zero-order valence-electron chi connectivity index (χ0n) is 13.0. The summed E-state index contributed by atoms with van der Waals surface area (Å²) in [5.41, 5.74) is 0. The Morgan fingerprint density at radius 2 is 1.67 bits per heavy atom. The van der Waals surface area contributed by atoms with Gasteiger partial charge in [0.1, 0.15) is 6.10 Å². The summed E-state index contributed by atoms with van der Waals surface area (Å²) < 4.78 is 5.35. The van der Waals surface area contributed by atoms with E-state index in [-0.39, 0.29) is 5.91 Å². The fourth-order valence-electron chi connectivity index (χ4n) is 3.40. The second kappa shape index (κ2) is 7.22. The lowest BCUT2D eigenvalue weighted by molar-refractivity contribution is -0.155. The molecule has 0 bridgehead atoms. The van der Waals surface area contributed by atoms with Gasteiger partial charge in [0.2, 0.25) is 0 Å². The monoisotopic (exact) mass is 298 g/mol. The van der Waals surface area contributed by atoms with E-state index < -0.39 is 18.2 Å². The summed E-state index contributed by atoms with van der Waals surface area (Å²) in [6, 6.07) is 0.556. The summed E-state index contributed by atoms with van der Waals surface area (Å²) in [5, 5.41) is 8.92. The second-order valence-electron chi connectivity index (χ2n) is 5.81. The summed E-state index contributed by atoms with van der Waals surface area (Å²) in [5.74, 6) is -0.998. The zero-order chi connectivity index (χ0) is 15.4. The molecule has 1 amide bonds. The van der Waals surface area contributed by atoms with Gasteiger partial charge in [-0.25, -0.2) is 4.79 Å². The molecular formula is C15H26N2O4. The molecule has 0 aromatic rings. The minimum atomic E-state index is -0.967. The van der Waals surface area contributed by atoms with Gasteiger partial charge in [-0.2, -0.15) is 0 Å². The van der Waals surface area contributed by atoms with Crippen LogP contribution in [-0.2, 0) is 14.3 Å². The van der Waals surface area contributed by atoms with E-state index in [1.807, 2.05) is 4.90 Å². The number of nitrogens with zero attached hydrogens (tertiary/aromatic N) is 2. The SMILES string of the molecule is CCN(CC)C1CCN(C(=O)C2CCC(C(=O)O)O2)CC1. The number of carbonyl (C=O) groups excluding carboxylic acids is 1. The molecule has 1 N–H and O–H groups in total. The molecule has 2 aliphatic heterocycles. The van der Waals surface area contributed by atoms with Crippen molar-refractivity contribution >= 4 is 11.9 Å². The van der Waals surface area contributed by atoms with Gasteiger partial charge in [-0.15, -0.1) is 0 Å². The predicted molar refractivity (Wildman–Crippen MR) is 78.1 cm³/mol. The number of likely N-dealkylation sites (tertiary alicyclic amines) is 1. The Morgan fingerprint density at radius 3 is 2.14 bits per heavy atom. The highest BCUT2D eigenvalue weighted by Crippen LogP contribution is 2.24. The molecule has 0 radical (unpaired) electrons. The molecule has 2 unspecified atom stereocenters. The van der Waals surface area contributed by atoms with Gasteiger partial charge in [-0.1, -0.05) is 13.8 Å². The molecule has 6 heteroatoms. The van der Waals surface area contributed by atoms with Gasteiger partial charge >= 0.3 is 5.97 Å². The normalized spacial score (nSPS) is 27.3. The molecule has 2 rings (SSSR count). The Kier molecular flexibility index (Phi) is 5.58. The van der Waals surface area contributed by atoms with Gasteiger partial charge < -0.3 is 19.6 Å². The maximum Gasteiger partial charge on any atom is 0.332 e. The van der Waals surface area contributed by atoms with Crippen molar-refractivity contribution < 1.29 is 19.4 Å². The number of carbonyl (C=O) groups is 2. The Hall–Kier alpha value is -1.14. The van der Waals surface area contributed by atoms with Gasteiger partial charge in [-0.3, -0.25) is 4.79 Å². The molecule has 2 saturated heterocycles. The average Bonchev–Trinajstić information content (AvgIpc) is 2.98. The summed E-state index contributed by atoms with van der Waals surface area (Å²) in [6.45, 7) is 7.91. The molecule has 2 heterocycles. The Labute approximate surface area is 126 Å². The Bertz CT molecular complexity index is 376. The van der Waals surface area contributed by atoms with Gasteiger partial charge in [0, 0.05) is 19.1 Å². The molecule has 6 nitrogen and oxygen atoms in total. The zero-order valence-corrected chi connectivity index (χ0v) is 13.0. The van der Waals surface area contributed by atoms with E-state index in [0.717, 1.165) is 39.0 Å². The lowest BCUT2D eigenvalue weighted by atomic mass is 10.0. The molecule has 2 fully saturated rings. The van der Waals surface area contributed by atoms with Crippen molar-refractivity contribution in [3.63, 3.8) is 0 Å². The highest BCUT2D eigenvalue weighted by atomic mass is 16.5.